The Morgan fingerprint density at radius 1 is 0.950 bits per heavy atom. The van der Waals surface area contributed by atoms with E-state index in [0.717, 1.165) is 40.8 Å². The summed E-state index contributed by atoms with van der Waals surface area (Å²) in [5.74, 6) is -9.75. The number of esters is 1. The molecule has 3 atom stereocenters. The van der Waals surface area contributed by atoms with E-state index in [1.165, 1.54) is 16.1 Å². The van der Waals surface area contributed by atoms with Gasteiger partial charge in [-0.2, -0.15) is 13.2 Å². The predicted octanol–water partition coefficient (Wildman–Crippen LogP) is 1.73. The molecule has 322 valence electrons. The van der Waals surface area contributed by atoms with Gasteiger partial charge in [0.25, 0.3) is 17.7 Å². The van der Waals surface area contributed by atoms with Crippen LogP contribution in [0.25, 0.3) is 11.3 Å². The second-order valence-electron chi connectivity index (χ2n) is 15.2. The van der Waals surface area contributed by atoms with Gasteiger partial charge in [0.05, 0.1) is 11.6 Å². The van der Waals surface area contributed by atoms with Crippen LogP contribution in [-0.4, -0.2) is 122 Å². The summed E-state index contributed by atoms with van der Waals surface area (Å²) in [4.78, 5) is 81.9. The number of hydrazine groups is 1. The number of benzene rings is 2. The molecule has 21 heteroatoms. The molecule has 1 saturated heterocycles. The zero-order valence-electron chi connectivity index (χ0n) is 32.7. The molecule has 5 N–H and O–H groups in total. The summed E-state index contributed by atoms with van der Waals surface area (Å²) in [6.45, 7) is 3.69. The van der Waals surface area contributed by atoms with Gasteiger partial charge in [0.1, 0.15) is 30.1 Å². The molecule has 0 saturated carbocycles. The molecule has 1 fully saturated rings. The molecular weight excluding hydrogens is 803 g/mol. The lowest BCUT2D eigenvalue weighted by Crippen LogP contribution is -2.64. The third kappa shape index (κ3) is 10.8. The third-order valence-electron chi connectivity index (χ3n) is 9.78. The summed E-state index contributed by atoms with van der Waals surface area (Å²) >= 11 is 0. The fourth-order valence-electron chi connectivity index (χ4n) is 6.60. The predicted molar refractivity (Wildman–Crippen MR) is 200 cm³/mol. The molecule has 0 unspecified atom stereocenters. The van der Waals surface area contributed by atoms with E-state index in [2.05, 4.69) is 20.5 Å². The number of carbonyl (C=O) groups excluding carboxylic acids is 6. The topological polar surface area (TPSA) is 210 Å². The van der Waals surface area contributed by atoms with E-state index in [1.54, 1.807) is 55.7 Å². The SMILES string of the molecule is CC(C)(C)[C@H](c1nc(-c2cc(F)ccc2F)cn1Cc1ccccc1)[C@H](O)C(=O)NCC[C@](N)(OC(=O)C(F)(F)F)C(=O)NN1CCN(C(=O)CN2C(=O)C=CC2=O)CC1. The first-order valence-corrected chi connectivity index (χ1v) is 18.6. The fourth-order valence-corrected chi connectivity index (χ4v) is 6.60. The van der Waals surface area contributed by atoms with Crippen LogP contribution >= 0.6 is 0 Å². The Labute approximate surface area is 340 Å². The maximum Gasteiger partial charge on any atom is 0.491 e. The molecule has 0 spiro atoms. The second kappa shape index (κ2) is 18.1. The molecule has 2 aromatic carbocycles. The molecule has 0 aliphatic carbocycles. The number of imidazole rings is 1. The number of hydrogen-bond donors (Lipinski definition) is 4. The first-order valence-electron chi connectivity index (χ1n) is 18.6. The van der Waals surface area contributed by atoms with Crippen molar-refractivity contribution >= 4 is 35.5 Å². The molecule has 3 heterocycles. The number of imide groups is 1. The largest absolute Gasteiger partial charge is 0.491 e. The van der Waals surface area contributed by atoms with Gasteiger partial charge in [-0.3, -0.25) is 40.0 Å². The summed E-state index contributed by atoms with van der Waals surface area (Å²) < 4.78 is 75.3. The van der Waals surface area contributed by atoms with Crippen LogP contribution in [0.3, 0.4) is 0 Å². The van der Waals surface area contributed by atoms with Crippen molar-refractivity contribution < 1.29 is 60.6 Å². The minimum Gasteiger partial charge on any atom is -0.428 e. The van der Waals surface area contributed by atoms with Crippen molar-refractivity contribution in [1.82, 2.24) is 35.1 Å². The monoisotopic (exact) mass is 846 g/mol. The van der Waals surface area contributed by atoms with Crippen molar-refractivity contribution in [2.75, 3.05) is 39.3 Å². The number of aromatic nitrogens is 2. The Hall–Kier alpha value is -6.06. The molecule has 1 aromatic heterocycles. The zero-order chi connectivity index (χ0) is 44.2. The Morgan fingerprint density at radius 3 is 2.18 bits per heavy atom. The van der Waals surface area contributed by atoms with Gasteiger partial charge in [0, 0.05) is 69.6 Å². The van der Waals surface area contributed by atoms with E-state index in [-0.39, 0.29) is 49.8 Å². The Kier molecular flexibility index (Phi) is 13.6. The van der Waals surface area contributed by atoms with E-state index in [0.29, 0.717) is 0 Å². The van der Waals surface area contributed by atoms with Gasteiger partial charge >= 0.3 is 12.1 Å². The number of nitrogens with zero attached hydrogens (tertiary/aromatic N) is 5. The van der Waals surface area contributed by atoms with Gasteiger partial charge in [0.2, 0.25) is 17.5 Å². The average molecular weight is 847 g/mol. The summed E-state index contributed by atoms with van der Waals surface area (Å²) in [5.41, 5.74) is 4.88. The van der Waals surface area contributed by atoms with Gasteiger partial charge in [-0.15, -0.1) is 0 Å². The number of rotatable bonds is 14. The first kappa shape index (κ1) is 45.0. The van der Waals surface area contributed by atoms with Crippen LogP contribution in [0.1, 0.15) is 44.5 Å². The number of aliphatic hydroxyl groups is 1. The van der Waals surface area contributed by atoms with Crippen LogP contribution in [0, 0.1) is 17.0 Å². The van der Waals surface area contributed by atoms with Crippen molar-refractivity contribution in [2.45, 2.75) is 57.7 Å². The zero-order valence-corrected chi connectivity index (χ0v) is 32.7. The van der Waals surface area contributed by atoms with Crippen molar-refractivity contribution in [3.05, 3.63) is 89.9 Å². The van der Waals surface area contributed by atoms with E-state index in [4.69, 9.17) is 5.73 Å². The van der Waals surface area contributed by atoms with E-state index >= 15 is 0 Å². The molecule has 3 aromatic rings. The first-order chi connectivity index (χ1) is 28.1. The van der Waals surface area contributed by atoms with Gasteiger partial charge in [0.15, 0.2) is 0 Å². The molecule has 16 nitrogen and oxygen atoms in total. The molecule has 5 amide bonds. The summed E-state index contributed by atoms with van der Waals surface area (Å²) in [6, 6.07) is 11.8. The number of ether oxygens (including phenoxy) is 1. The van der Waals surface area contributed by atoms with Crippen LogP contribution in [0.5, 0.6) is 0 Å². The highest BCUT2D eigenvalue weighted by molar-refractivity contribution is 6.14. The summed E-state index contributed by atoms with van der Waals surface area (Å²) in [5, 5.41) is 15.1. The molecule has 0 bridgehead atoms. The average Bonchev–Trinajstić information content (AvgIpc) is 3.72. The smallest absolute Gasteiger partial charge is 0.428 e. The number of alkyl halides is 3. The number of amides is 5. The maximum absolute atomic E-state index is 14.9. The van der Waals surface area contributed by atoms with Gasteiger partial charge in [-0.25, -0.2) is 23.6 Å². The van der Waals surface area contributed by atoms with Crippen molar-refractivity contribution in [2.24, 2.45) is 11.1 Å². The van der Waals surface area contributed by atoms with Crippen LogP contribution in [-0.2, 0) is 40.0 Å². The van der Waals surface area contributed by atoms with Crippen molar-refractivity contribution in [1.29, 1.82) is 0 Å². The van der Waals surface area contributed by atoms with Crippen LogP contribution in [0.4, 0.5) is 22.0 Å². The highest BCUT2D eigenvalue weighted by Crippen LogP contribution is 2.39. The van der Waals surface area contributed by atoms with Crippen LogP contribution in [0.15, 0.2) is 66.9 Å². The molecular formula is C39H43F5N8O8. The lowest BCUT2D eigenvalue weighted by Gasteiger charge is -2.37. The Balaban J connectivity index is 1.30. The lowest BCUT2D eigenvalue weighted by atomic mass is 9.76. The maximum atomic E-state index is 14.9. The molecule has 2 aliphatic heterocycles. The lowest BCUT2D eigenvalue weighted by molar-refractivity contribution is -0.215. The molecule has 2 aliphatic rings. The quantitative estimate of drug-likeness (QED) is 0.0795. The highest BCUT2D eigenvalue weighted by Gasteiger charge is 2.49. The van der Waals surface area contributed by atoms with E-state index < -0.39 is 96.0 Å². The Morgan fingerprint density at radius 2 is 1.58 bits per heavy atom. The molecule has 60 heavy (non-hydrogen) atoms. The number of piperazine rings is 1. The van der Waals surface area contributed by atoms with Gasteiger partial charge < -0.3 is 24.6 Å². The third-order valence-corrected chi connectivity index (χ3v) is 9.78. The minimum atomic E-state index is -5.57. The van der Waals surface area contributed by atoms with Gasteiger partial charge in [-0.05, 0) is 29.2 Å². The second-order valence-corrected chi connectivity index (χ2v) is 15.2. The van der Waals surface area contributed by atoms with Crippen molar-refractivity contribution in [3.8, 4) is 11.3 Å². The van der Waals surface area contributed by atoms with E-state index in [1.807, 2.05) is 0 Å². The van der Waals surface area contributed by atoms with Crippen molar-refractivity contribution in [3.63, 3.8) is 0 Å². The number of nitrogens with two attached hydrogens (primary N) is 1. The number of hydrogen-bond acceptors (Lipinski definition) is 11. The fraction of sp³-hybridized carbons (Fsp3) is 0.410. The summed E-state index contributed by atoms with van der Waals surface area (Å²) in [7, 11) is 0. The number of carbonyl (C=O) groups is 6. The molecule has 0 radical (unpaired) electrons. The summed E-state index contributed by atoms with van der Waals surface area (Å²) in [6.07, 6.45) is -4.93. The van der Waals surface area contributed by atoms with E-state index in [9.17, 15) is 55.8 Å². The highest BCUT2D eigenvalue weighted by atomic mass is 19.4. The number of nitrogens with one attached hydrogen (secondary N) is 2. The normalized spacial score (nSPS) is 17.0. The Bertz CT molecular complexity index is 2130. The minimum absolute atomic E-state index is 0.00539. The van der Waals surface area contributed by atoms with Crippen LogP contribution < -0.4 is 16.5 Å². The van der Waals surface area contributed by atoms with Crippen LogP contribution in [0.2, 0.25) is 0 Å². The molecule has 5 rings (SSSR count). The number of halogens is 5. The standard InChI is InChI=1S/C39H43F5N8O8/c1-37(2,3)31(33-47-27(25-19-24(40)9-10-26(25)41)21-50(33)20-23-7-5-4-6-8-23)32(56)34(57)46-14-13-38(45,60-36(59)39(42,43)44)35(58)48-51-17-15-49(16-18-51)30(55)22-52-28(53)11-12-29(52)54/h4-12,19,21,31-32,56H,13-18,20,22,45H2,1-3H3,(H,46,57)(H,48,58)/t31-,32-,38-/m0/s1. The van der Waals surface area contributed by atoms with Gasteiger partial charge in [-0.1, -0.05) is 51.1 Å². The number of aliphatic hydroxyl groups excluding tert-OH is 1.